The van der Waals surface area contributed by atoms with E-state index in [1.165, 1.54) is 32.1 Å². The van der Waals surface area contributed by atoms with Crippen molar-refractivity contribution in [3.63, 3.8) is 0 Å². The molecule has 0 N–H and O–H groups in total. The third-order valence-electron chi connectivity index (χ3n) is 7.11. The Labute approximate surface area is 113 Å². The number of allylic oxidation sites excluding steroid dienone is 2. The van der Waals surface area contributed by atoms with E-state index < -0.39 is 0 Å². The van der Waals surface area contributed by atoms with E-state index >= 15 is 0 Å². The molecule has 18 heavy (non-hydrogen) atoms. The van der Waals surface area contributed by atoms with Crippen molar-refractivity contribution in [2.24, 2.45) is 35.5 Å². The zero-order valence-electron chi connectivity index (χ0n) is 12.7. The van der Waals surface area contributed by atoms with E-state index in [2.05, 4.69) is 27.7 Å². The lowest BCUT2D eigenvalue weighted by atomic mass is 9.82. The molecule has 4 bridgehead atoms. The summed E-state index contributed by atoms with van der Waals surface area (Å²) in [5.41, 5.74) is 3.43. The largest absolute Gasteiger partial charge is 0.0710 e. The van der Waals surface area contributed by atoms with E-state index in [9.17, 15) is 0 Å². The van der Waals surface area contributed by atoms with Gasteiger partial charge in [-0.2, -0.15) is 0 Å². The SMILES string of the molecule is CC1=C(C)C2CCC1C2.CC1C2CCC(C2)C1C. The van der Waals surface area contributed by atoms with Gasteiger partial charge in [0.2, 0.25) is 0 Å². The van der Waals surface area contributed by atoms with Gasteiger partial charge < -0.3 is 0 Å². The summed E-state index contributed by atoms with van der Waals surface area (Å²) in [4.78, 5) is 0. The monoisotopic (exact) mass is 246 g/mol. The molecule has 0 aromatic rings. The molecule has 0 heteroatoms. The quantitative estimate of drug-likeness (QED) is 0.499. The Balaban J connectivity index is 0.000000111. The normalized spacial score (nSPS) is 48.7. The molecule has 4 aliphatic carbocycles. The third kappa shape index (κ3) is 1.96. The van der Waals surface area contributed by atoms with Crippen LogP contribution in [0.3, 0.4) is 0 Å². The Bertz CT molecular complexity index is 315. The molecule has 3 fully saturated rings. The molecule has 3 saturated carbocycles. The van der Waals surface area contributed by atoms with Crippen LogP contribution < -0.4 is 0 Å². The molecule has 6 unspecified atom stereocenters. The Morgan fingerprint density at radius 3 is 1.33 bits per heavy atom. The van der Waals surface area contributed by atoms with Gasteiger partial charge in [0.05, 0.1) is 0 Å². The van der Waals surface area contributed by atoms with Crippen molar-refractivity contribution in [1.82, 2.24) is 0 Å². The van der Waals surface area contributed by atoms with Gasteiger partial charge in [-0.3, -0.25) is 0 Å². The van der Waals surface area contributed by atoms with Crippen molar-refractivity contribution in [3.05, 3.63) is 11.1 Å². The molecule has 0 heterocycles. The molecule has 0 aromatic heterocycles. The first-order chi connectivity index (χ1) is 8.58. The molecule has 0 amide bonds. The van der Waals surface area contributed by atoms with Crippen LogP contribution in [0.1, 0.15) is 66.2 Å². The summed E-state index contributed by atoms with van der Waals surface area (Å²) in [6.07, 6.45) is 9.08. The second-order valence-corrected chi connectivity index (χ2v) is 7.62. The number of rotatable bonds is 0. The molecule has 0 radical (unpaired) electrons. The Hall–Kier alpha value is -0.260. The average Bonchev–Trinajstić information content (AvgIpc) is 3.09. The number of hydrogen-bond donors (Lipinski definition) is 0. The predicted octanol–water partition coefficient (Wildman–Crippen LogP) is 5.44. The first kappa shape index (κ1) is 12.8. The highest BCUT2D eigenvalue weighted by atomic mass is 14.5. The molecule has 0 aliphatic heterocycles. The topological polar surface area (TPSA) is 0 Å². The maximum Gasteiger partial charge on any atom is -0.0197 e. The lowest BCUT2D eigenvalue weighted by Crippen LogP contribution is -2.15. The second kappa shape index (κ2) is 4.69. The van der Waals surface area contributed by atoms with Crippen molar-refractivity contribution in [2.45, 2.75) is 66.2 Å². The molecule has 0 nitrogen and oxygen atoms in total. The smallest absolute Gasteiger partial charge is 0.0197 e. The van der Waals surface area contributed by atoms with Gasteiger partial charge in [0.1, 0.15) is 0 Å². The lowest BCUT2D eigenvalue weighted by Gasteiger charge is -2.24. The number of hydrogen-bond acceptors (Lipinski definition) is 0. The predicted molar refractivity (Wildman–Crippen MR) is 78.4 cm³/mol. The molecular weight excluding hydrogens is 216 g/mol. The van der Waals surface area contributed by atoms with Crippen LogP contribution >= 0.6 is 0 Å². The third-order valence-corrected chi connectivity index (χ3v) is 7.11. The van der Waals surface area contributed by atoms with E-state index in [0.717, 1.165) is 35.5 Å². The fraction of sp³-hybridized carbons (Fsp3) is 0.889. The van der Waals surface area contributed by atoms with Crippen molar-refractivity contribution in [2.75, 3.05) is 0 Å². The van der Waals surface area contributed by atoms with Crippen molar-refractivity contribution < 1.29 is 0 Å². The second-order valence-electron chi connectivity index (χ2n) is 7.62. The summed E-state index contributed by atoms with van der Waals surface area (Å²) < 4.78 is 0. The molecular formula is C18H30. The van der Waals surface area contributed by atoms with Gasteiger partial charge in [-0.15, -0.1) is 0 Å². The minimum absolute atomic E-state index is 0.995. The summed E-state index contributed by atoms with van der Waals surface area (Å²) in [5, 5.41) is 0. The van der Waals surface area contributed by atoms with Crippen LogP contribution in [0.4, 0.5) is 0 Å². The Morgan fingerprint density at radius 1 is 0.667 bits per heavy atom. The van der Waals surface area contributed by atoms with Crippen LogP contribution in [0, 0.1) is 35.5 Å². The Morgan fingerprint density at radius 2 is 1.11 bits per heavy atom. The van der Waals surface area contributed by atoms with E-state index in [1.54, 1.807) is 17.6 Å². The fourth-order valence-electron chi connectivity index (χ4n) is 5.28. The van der Waals surface area contributed by atoms with Crippen LogP contribution in [0.2, 0.25) is 0 Å². The minimum Gasteiger partial charge on any atom is -0.0710 e. The summed E-state index contributed by atoms with van der Waals surface area (Å²) in [7, 11) is 0. The summed E-state index contributed by atoms with van der Waals surface area (Å²) in [6, 6.07) is 0. The highest BCUT2D eigenvalue weighted by Crippen LogP contribution is 2.51. The molecule has 102 valence electrons. The van der Waals surface area contributed by atoms with Gasteiger partial charge in [-0.05, 0) is 87.9 Å². The van der Waals surface area contributed by atoms with Crippen LogP contribution in [-0.4, -0.2) is 0 Å². The van der Waals surface area contributed by atoms with E-state index in [0.29, 0.717) is 0 Å². The lowest BCUT2D eigenvalue weighted by molar-refractivity contribution is 0.259. The van der Waals surface area contributed by atoms with Crippen molar-refractivity contribution in [3.8, 4) is 0 Å². The Kier molecular flexibility index (Phi) is 3.32. The maximum atomic E-state index is 2.44. The van der Waals surface area contributed by atoms with Gasteiger partial charge in [0.25, 0.3) is 0 Å². The molecule has 6 atom stereocenters. The molecule has 0 aromatic carbocycles. The summed E-state index contributed by atoms with van der Waals surface area (Å²) in [5.74, 6) is 6.31. The van der Waals surface area contributed by atoms with Gasteiger partial charge in [-0.1, -0.05) is 25.0 Å². The molecule has 4 rings (SSSR count). The number of fused-ring (bicyclic) bond motifs is 4. The van der Waals surface area contributed by atoms with Crippen LogP contribution in [0.15, 0.2) is 11.1 Å². The van der Waals surface area contributed by atoms with Crippen LogP contribution in [-0.2, 0) is 0 Å². The highest BCUT2D eigenvalue weighted by molar-refractivity contribution is 5.25. The van der Waals surface area contributed by atoms with E-state index in [1.807, 2.05) is 0 Å². The minimum atomic E-state index is 0.995. The van der Waals surface area contributed by atoms with Gasteiger partial charge in [0.15, 0.2) is 0 Å². The fourth-order valence-corrected chi connectivity index (χ4v) is 5.28. The zero-order valence-corrected chi connectivity index (χ0v) is 12.7. The van der Waals surface area contributed by atoms with Gasteiger partial charge in [0, 0.05) is 0 Å². The average molecular weight is 246 g/mol. The first-order valence-electron chi connectivity index (χ1n) is 8.25. The van der Waals surface area contributed by atoms with Gasteiger partial charge in [-0.25, -0.2) is 0 Å². The molecule has 4 aliphatic rings. The van der Waals surface area contributed by atoms with Crippen molar-refractivity contribution in [1.29, 1.82) is 0 Å². The van der Waals surface area contributed by atoms with E-state index in [4.69, 9.17) is 0 Å². The van der Waals surface area contributed by atoms with Crippen LogP contribution in [0.5, 0.6) is 0 Å². The zero-order chi connectivity index (χ0) is 12.9. The van der Waals surface area contributed by atoms with Crippen molar-refractivity contribution >= 4 is 0 Å². The maximum absolute atomic E-state index is 2.44. The highest BCUT2D eigenvalue weighted by Gasteiger charge is 2.42. The van der Waals surface area contributed by atoms with E-state index in [-0.39, 0.29) is 0 Å². The molecule has 0 saturated heterocycles. The summed E-state index contributed by atoms with van der Waals surface area (Å²) in [6.45, 7) is 9.52. The summed E-state index contributed by atoms with van der Waals surface area (Å²) >= 11 is 0. The first-order valence-corrected chi connectivity index (χ1v) is 8.25. The van der Waals surface area contributed by atoms with Crippen LogP contribution in [0.25, 0.3) is 0 Å². The van der Waals surface area contributed by atoms with Gasteiger partial charge >= 0.3 is 0 Å². The standard InChI is InChI=1S/C9H16.C9H14/c2*1-6-7(2)9-4-3-8(6)5-9/h6-9H,3-5H2,1-2H3;8-9H,3-5H2,1-2H3. The molecule has 0 spiro atoms.